The zero-order valence-corrected chi connectivity index (χ0v) is 12.4. The number of hydrogen-bond acceptors (Lipinski definition) is 3. The monoisotopic (exact) mass is 275 g/mol. The molecule has 1 aromatic rings. The normalized spacial score (nSPS) is 19.0. The molecular formula is C16H25N3O. The lowest BCUT2D eigenvalue weighted by atomic mass is 9.95. The van der Waals surface area contributed by atoms with E-state index in [1.54, 1.807) is 0 Å². The fraction of sp³-hybridized carbons (Fsp3) is 0.562. The van der Waals surface area contributed by atoms with E-state index in [0.29, 0.717) is 6.54 Å². The number of nitrogens with one attached hydrogen (secondary N) is 1. The van der Waals surface area contributed by atoms with Crippen LogP contribution in [0.5, 0.6) is 0 Å². The third kappa shape index (κ3) is 3.19. The third-order valence-electron chi connectivity index (χ3n) is 4.52. The highest BCUT2D eigenvalue weighted by atomic mass is 16.2. The molecule has 110 valence electrons. The van der Waals surface area contributed by atoms with Gasteiger partial charge in [-0.1, -0.05) is 43.2 Å². The Labute approximate surface area is 121 Å². The smallest absolute Gasteiger partial charge is 0.241 e. The van der Waals surface area contributed by atoms with Crippen LogP contribution in [0.3, 0.4) is 0 Å². The molecule has 0 bridgehead atoms. The van der Waals surface area contributed by atoms with Gasteiger partial charge in [0.1, 0.15) is 6.04 Å². The number of likely N-dealkylation sites (N-methyl/N-ethyl adjacent to an activating group) is 1. The maximum Gasteiger partial charge on any atom is 0.241 e. The minimum atomic E-state index is -0.586. The van der Waals surface area contributed by atoms with Gasteiger partial charge in [0.2, 0.25) is 5.91 Å². The summed E-state index contributed by atoms with van der Waals surface area (Å²) in [5.74, 6) is -0.0932. The first-order valence-electron chi connectivity index (χ1n) is 7.31. The van der Waals surface area contributed by atoms with Gasteiger partial charge in [0.25, 0.3) is 0 Å². The SMILES string of the molecule is CN(C)C1(CNC(=O)[C@@H](N)c2ccccc2)CCCC1. The summed E-state index contributed by atoms with van der Waals surface area (Å²) < 4.78 is 0. The van der Waals surface area contributed by atoms with Gasteiger partial charge in [0, 0.05) is 12.1 Å². The quantitative estimate of drug-likeness (QED) is 0.859. The molecule has 3 N–H and O–H groups in total. The van der Waals surface area contributed by atoms with Crippen molar-refractivity contribution in [2.24, 2.45) is 5.73 Å². The molecule has 0 aliphatic heterocycles. The van der Waals surface area contributed by atoms with Gasteiger partial charge in [-0.3, -0.25) is 4.79 Å². The molecule has 1 aliphatic rings. The molecular weight excluding hydrogens is 250 g/mol. The molecule has 4 nitrogen and oxygen atoms in total. The number of nitrogens with zero attached hydrogens (tertiary/aromatic N) is 1. The largest absolute Gasteiger partial charge is 0.353 e. The molecule has 1 atom stereocenters. The molecule has 1 aromatic carbocycles. The Morgan fingerprint density at radius 1 is 1.30 bits per heavy atom. The van der Waals surface area contributed by atoms with Gasteiger partial charge in [-0.2, -0.15) is 0 Å². The van der Waals surface area contributed by atoms with Crippen LogP contribution in [0.2, 0.25) is 0 Å². The summed E-state index contributed by atoms with van der Waals surface area (Å²) in [5, 5.41) is 3.04. The Bertz CT molecular complexity index is 438. The van der Waals surface area contributed by atoms with Crippen molar-refractivity contribution in [3.8, 4) is 0 Å². The van der Waals surface area contributed by atoms with Crippen LogP contribution in [-0.2, 0) is 4.79 Å². The molecule has 0 spiro atoms. The molecule has 0 unspecified atom stereocenters. The standard InChI is InChI=1S/C16H25N3O/c1-19(2)16(10-6-7-11-16)12-18-15(20)14(17)13-8-4-3-5-9-13/h3-5,8-9,14H,6-7,10-12,17H2,1-2H3,(H,18,20)/t14-/m0/s1. The maximum absolute atomic E-state index is 12.2. The Kier molecular flexibility index (Phi) is 4.78. The van der Waals surface area contributed by atoms with E-state index >= 15 is 0 Å². The van der Waals surface area contributed by atoms with Crippen molar-refractivity contribution in [2.45, 2.75) is 37.3 Å². The van der Waals surface area contributed by atoms with E-state index in [0.717, 1.165) is 18.4 Å². The molecule has 0 radical (unpaired) electrons. The van der Waals surface area contributed by atoms with Crippen LogP contribution in [-0.4, -0.2) is 37.0 Å². The summed E-state index contributed by atoms with van der Waals surface area (Å²) in [7, 11) is 4.18. The molecule has 2 rings (SSSR count). The van der Waals surface area contributed by atoms with Crippen LogP contribution >= 0.6 is 0 Å². The first-order valence-corrected chi connectivity index (χ1v) is 7.31. The van der Waals surface area contributed by atoms with Gasteiger partial charge in [0.05, 0.1) is 0 Å². The average Bonchev–Trinajstić information content (AvgIpc) is 2.95. The van der Waals surface area contributed by atoms with Crippen molar-refractivity contribution in [1.82, 2.24) is 10.2 Å². The fourth-order valence-corrected chi connectivity index (χ4v) is 2.99. The Morgan fingerprint density at radius 2 is 1.90 bits per heavy atom. The van der Waals surface area contributed by atoms with Gasteiger partial charge in [0.15, 0.2) is 0 Å². The highest BCUT2D eigenvalue weighted by Gasteiger charge is 2.36. The van der Waals surface area contributed by atoms with Crippen molar-refractivity contribution in [3.63, 3.8) is 0 Å². The highest BCUT2D eigenvalue weighted by molar-refractivity contribution is 5.82. The zero-order chi connectivity index (χ0) is 14.6. The molecule has 0 aromatic heterocycles. The van der Waals surface area contributed by atoms with Crippen molar-refractivity contribution in [2.75, 3.05) is 20.6 Å². The molecule has 4 heteroatoms. The topological polar surface area (TPSA) is 58.4 Å². The van der Waals surface area contributed by atoms with E-state index in [4.69, 9.17) is 5.73 Å². The second-order valence-electron chi connectivity index (χ2n) is 5.93. The number of hydrogen-bond donors (Lipinski definition) is 2. The van der Waals surface area contributed by atoms with Crippen molar-refractivity contribution >= 4 is 5.91 Å². The van der Waals surface area contributed by atoms with E-state index in [1.165, 1.54) is 12.8 Å². The van der Waals surface area contributed by atoms with E-state index in [2.05, 4.69) is 24.3 Å². The summed E-state index contributed by atoms with van der Waals surface area (Å²) >= 11 is 0. The van der Waals surface area contributed by atoms with Gasteiger partial charge >= 0.3 is 0 Å². The highest BCUT2D eigenvalue weighted by Crippen LogP contribution is 2.33. The minimum Gasteiger partial charge on any atom is -0.353 e. The van der Waals surface area contributed by atoms with E-state index in [9.17, 15) is 4.79 Å². The Balaban J connectivity index is 1.95. The van der Waals surface area contributed by atoms with Gasteiger partial charge in [-0.25, -0.2) is 0 Å². The fourth-order valence-electron chi connectivity index (χ4n) is 2.99. The Hall–Kier alpha value is -1.39. The van der Waals surface area contributed by atoms with Gasteiger partial charge < -0.3 is 16.0 Å². The van der Waals surface area contributed by atoms with Crippen LogP contribution in [0.25, 0.3) is 0 Å². The second-order valence-corrected chi connectivity index (χ2v) is 5.93. The molecule has 1 fully saturated rings. The summed E-state index contributed by atoms with van der Waals surface area (Å²) in [6.45, 7) is 0.680. The van der Waals surface area contributed by atoms with Crippen LogP contribution < -0.4 is 11.1 Å². The molecule has 1 amide bonds. The van der Waals surface area contributed by atoms with E-state index in [-0.39, 0.29) is 11.4 Å². The first kappa shape index (κ1) is 15.0. The van der Waals surface area contributed by atoms with Crippen LogP contribution in [0, 0.1) is 0 Å². The van der Waals surface area contributed by atoms with Gasteiger partial charge in [-0.15, -0.1) is 0 Å². The minimum absolute atomic E-state index is 0.0932. The maximum atomic E-state index is 12.2. The van der Waals surface area contributed by atoms with Crippen molar-refractivity contribution in [1.29, 1.82) is 0 Å². The average molecular weight is 275 g/mol. The summed E-state index contributed by atoms with van der Waals surface area (Å²) in [6, 6.07) is 8.93. The molecule has 0 heterocycles. The number of carbonyl (C=O) groups is 1. The summed E-state index contributed by atoms with van der Waals surface area (Å²) in [6.07, 6.45) is 4.75. The predicted molar refractivity (Wildman–Crippen MR) is 81.3 cm³/mol. The number of amides is 1. The number of rotatable bonds is 5. The van der Waals surface area contributed by atoms with Crippen LogP contribution in [0.4, 0.5) is 0 Å². The van der Waals surface area contributed by atoms with Crippen molar-refractivity contribution in [3.05, 3.63) is 35.9 Å². The zero-order valence-electron chi connectivity index (χ0n) is 12.4. The summed E-state index contributed by atoms with van der Waals surface area (Å²) in [5.41, 5.74) is 6.98. The second kappa shape index (κ2) is 6.37. The predicted octanol–water partition coefficient (Wildman–Crippen LogP) is 1.68. The lowest BCUT2D eigenvalue weighted by Gasteiger charge is -2.36. The first-order chi connectivity index (χ1) is 9.55. The molecule has 1 aliphatic carbocycles. The van der Waals surface area contributed by atoms with Crippen LogP contribution in [0.1, 0.15) is 37.3 Å². The number of carbonyl (C=O) groups excluding carboxylic acids is 1. The number of benzene rings is 1. The lowest BCUT2D eigenvalue weighted by molar-refractivity contribution is -0.123. The summed E-state index contributed by atoms with van der Waals surface area (Å²) in [4.78, 5) is 14.5. The van der Waals surface area contributed by atoms with E-state index in [1.807, 2.05) is 30.3 Å². The van der Waals surface area contributed by atoms with Crippen LogP contribution in [0.15, 0.2) is 30.3 Å². The van der Waals surface area contributed by atoms with Gasteiger partial charge in [-0.05, 0) is 32.5 Å². The molecule has 20 heavy (non-hydrogen) atoms. The van der Waals surface area contributed by atoms with E-state index < -0.39 is 6.04 Å². The third-order valence-corrected chi connectivity index (χ3v) is 4.52. The molecule has 1 saturated carbocycles. The lowest BCUT2D eigenvalue weighted by Crippen LogP contribution is -2.52. The Morgan fingerprint density at radius 3 is 2.45 bits per heavy atom. The number of nitrogens with two attached hydrogens (primary N) is 1. The molecule has 0 saturated heterocycles. The van der Waals surface area contributed by atoms with Crippen molar-refractivity contribution < 1.29 is 4.79 Å².